The van der Waals surface area contributed by atoms with Crippen LogP contribution in [0.5, 0.6) is 0 Å². The van der Waals surface area contributed by atoms with Gasteiger partial charge in [-0.05, 0) is 32.7 Å². The summed E-state index contributed by atoms with van der Waals surface area (Å²) in [6.45, 7) is 5.79. The molecule has 1 heterocycles. The maximum atomic E-state index is 11.3. The first kappa shape index (κ1) is 14.9. The Balaban J connectivity index is 2.11. The maximum absolute atomic E-state index is 11.3. The van der Waals surface area contributed by atoms with Gasteiger partial charge in [-0.25, -0.2) is 12.7 Å². The van der Waals surface area contributed by atoms with E-state index in [0.29, 0.717) is 19.1 Å². The van der Waals surface area contributed by atoms with E-state index < -0.39 is 10.0 Å². The van der Waals surface area contributed by atoms with Crippen molar-refractivity contribution in [2.45, 2.75) is 32.2 Å². The van der Waals surface area contributed by atoms with Crippen molar-refractivity contribution in [2.24, 2.45) is 0 Å². The molecule has 0 amide bonds. The van der Waals surface area contributed by atoms with Crippen LogP contribution < -0.4 is 5.32 Å². The van der Waals surface area contributed by atoms with Crippen molar-refractivity contribution in [3.63, 3.8) is 0 Å². The van der Waals surface area contributed by atoms with Crippen LogP contribution >= 0.6 is 0 Å². The molecule has 0 bridgehead atoms. The van der Waals surface area contributed by atoms with Crippen LogP contribution in [0.15, 0.2) is 0 Å². The summed E-state index contributed by atoms with van der Waals surface area (Å²) in [5.74, 6) is 0. The molecule has 0 unspecified atom stereocenters. The molecule has 1 rings (SSSR count). The molecular formula is C11H24N2O3S. The number of sulfonamides is 1. The van der Waals surface area contributed by atoms with Crippen LogP contribution in [0.4, 0.5) is 0 Å². The Kier molecular flexibility index (Phi) is 6.40. The van der Waals surface area contributed by atoms with Crippen molar-refractivity contribution in [2.75, 3.05) is 39.1 Å². The number of piperidine rings is 1. The summed E-state index contributed by atoms with van der Waals surface area (Å²) in [5, 5.41) is 3.45. The maximum Gasteiger partial charge on any atom is 0.211 e. The molecule has 1 saturated heterocycles. The fourth-order valence-corrected chi connectivity index (χ4v) is 2.89. The topological polar surface area (TPSA) is 58.6 Å². The molecule has 0 aromatic carbocycles. The van der Waals surface area contributed by atoms with E-state index in [1.165, 1.54) is 6.26 Å². The van der Waals surface area contributed by atoms with Crippen molar-refractivity contribution in [1.29, 1.82) is 0 Å². The summed E-state index contributed by atoms with van der Waals surface area (Å²) in [6, 6.07) is 0.453. The van der Waals surface area contributed by atoms with Crippen LogP contribution in [-0.2, 0) is 14.8 Å². The van der Waals surface area contributed by atoms with Crippen LogP contribution in [0, 0.1) is 0 Å². The molecule has 0 atom stereocenters. The highest BCUT2D eigenvalue weighted by Crippen LogP contribution is 2.12. The summed E-state index contributed by atoms with van der Waals surface area (Å²) in [4.78, 5) is 0. The van der Waals surface area contributed by atoms with Crippen molar-refractivity contribution in [1.82, 2.24) is 9.62 Å². The molecule has 6 heteroatoms. The average Bonchev–Trinajstić information content (AvgIpc) is 2.28. The molecule has 17 heavy (non-hydrogen) atoms. The third-order valence-corrected chi connectivity index (χ3v) is 4.33. The van der Waals surface area contributed by atoms with Crippen LogP contribution in [0.25, 0.3) is 0 Å². The van der Waals surface area contributed by atoms with Gasteiger partial charge in [-0.3, -0.25) is 0 Å². The smallest absolute Gasteiger partial charge is 0.211 e. The molecule has 1 fully saturated rings. The normalized spacial score (nSPS) is 19.6. The minimum Gasteiger partial charge on any atom is -0.382 e. The van der Waals surface area contributed by atoms with E-state index in [0.717, 1.165) is 39.0 Å². The highest BCUT2D eigenvalue weighted by Gasteiger charge is 2.24. The summed E-state index contributed by atoms with van der Waals surface area (Å²) in [6.07, 6.45) is 4.10. The van der Waals surface area contributed by atoms with E-state index >= 15 is 0 Å². The number of hydrogen-bond acceptors (Lipinski definition) is 4. The first-order chi connectivity index (χ1) is 8.04. The van der Waals surface area contributed by atoms with E-state index in [9.17, 15) is 8.42 Å². The molecule has 1 N–H and O–H groups in total. The highest BCUT2D eigenvalue weighted by atomic mass is 32.2. The van der Waals surface area contributed by atoms with Gasteiger partial charge < -0.3 is 10.1 Å². The van der Waals surface area contributed by atoms with E-state index in [4.69, 9.17) is 4.74 Å². The van der Waals surface area contributed by atoms with Gasteiger partial charge in [-0.2, -0.15) is 0 Å². The van der Waals surface area contributed by atoms with Gasteiger partial charge in [-0.1, -0.05) is 0 Å². The number of nitrogens with one attached hydrogen (secondary N) is 1. The molecule has 0 aliphatic carbocycles. The van der Waals surface area contributed by atoms with Crippen molar-refractivity contribution >= 4 is 10.0 Å². The lowest BCUT2D eigenvalue weighted by Crippen LogP contribution is -2.44. The van der Waals surface area contributed by atoms with Crippen molar-refractivity contribution in [3.05, 3.63) is 0 Å². The van der Waals surface area contributed by atoms with E-state index in [-0.39, 0.29) is 0 Å². The first-order valence-electron chi connectivity index (χ1n) is 6.30. The predicted octanol–water partition coefficient (Wildman–Crippen LogP) is 0.427. The zero-order valence-electron chi connectivity index (χ0n) is 10.8. The third-order valence-electron chi connectivity index (χ3n) is 3.03. The zero-order valence-corrected chi connectivity index (χ0v) is 11.6. The Bertz CT molecular complexity index is 298. The van der Waals surface area contributed by atoms with E-state index in [1.54, 1.807) is 4.31 Å². The summed E-state index contributed by atoms with van der Waals surface area (Å²) >= 11 is 0. The molecular weight excluding hydrogens is 240 g/mol. The number of rotatable bonds is 7. The van der Waals surface area contributed by atoms with Gasteiger partial charge in [0.15, 0.2) is 0 Å². The monoisotopic (exact) mass is 264 g/mol. The fourth-order valence-electron chi connectivity index (χ4n) is 2.02. The molecule has 0 radical (unpaired) electrons. The minimum absolute atomic E-state index is 0.453. The van der Waals surface area contributed by atoms with E-state index in [1.807, 2.05) is 6.92 Å². The molecule has 0 spiro atoms. The SMILES string of the molecule is CCOCCCNC1CCN(S(C)(=O)=O)CC1. The van der Waals surface area contributed by atoms with Crippen molar-refractivity contribution < 1.29 is 13.2 Å². The Labute approximate surface area is 105 Å². The van der Waals surface area contributed by atoms with Crippen LogP contribution in [0.2, 0.25) is 0 Å². The van der Waals surface area contributed by atoms with Crippen LogP contribution in [-0.4, -0.2) is 57.9 Å². The average molecular weight is 264 g/mol. The second-order valence-electron chi connectivity index (χ2n) is 4.44. The van der Waals surface area contributed by atoms with Gasteiger partial charge in [-0.15, -0.1) is 0 Å². The predicted molar refractivity (Wildman–Crippen MR) is 68.6 cm³/mol. The molecule has 1 aliphatic heterocycles. The lowest BCUT2D eigenvalue weighted by atomic mass is 10.1. The summed E-state index contributed by atoms with van der Waals surface area (Å²) < 4.78 is 29.4. The quantitative estimate of drug-likeness (QED) is 0.677. The van der Waals surface area contributed by atoms with Gasteiger partial charge in [0.05, 0.1) is 6.26 Å². The highest BCUT2D eigenvalue weighted by molar-refractivity contribution is 7.88. The van der Waals surface area contributed by atoms with Gasteiger partial charge in [0, 0.05) is 32.3 Å². The lowest BCUT2D eigenvalue weighted by Gasteiger charge is -2.30. The molecule has 0 aromatic heterocycles. The Morgan fingerprint density at radius 1 is 1.35 bits per heavy atom. The van der Waals surface area contributed by atoms with Gasteiger partial charge in [0.2, 0.25) is 10.0 Å². The Hall–Kier alpha value is -0.170. The Morgan fingerprint density at radius 3 is 2.53 bits per heavy atom. The number of nitrogens with zero attached hydrogens (tertiary/aromatic N) is 1. The molecule has 102 valence electrons. The van der Waals surface area contributed by atoms with Gasteiger partial charge in [0.25, 0.3) is 0 Å². The lowest BCUT2D eigenvalue weighted by molar-refractivity contribution is 0.143. The van der Waals surface area contributed by atoms with Crippen LogP contribution in [0.3, 0.4) is 0 Å². The Morgan fingerprint density at radius 2 is 2.00 bits per heavy atom. The van der Waals surface area contributed by atoms with E-state index in [2.05, 4.69) is 5.32 Å². The number of ether oxygens (including phenoxy) is 1. The third kappa shape index (κ3) is 5.81. The zero-order chi connectivity index (χ0) is 12.7. The van der Waals surface area contributed by atoms with Gasteiger partial charge in [0.1, 0.15) is 0 Å². The molecule has 5 nitrogen and oxygen atoms in total. The number of hydrogen-bond donors (Lipinski definition) is 1. The van der Waals surface area contributed by atoms with Gasteiger partial charge >= 0.3 is 0 Å². The second kappa shape index (κ2) is 7.31. The largest absolute Gasteiger partial charge is 0.382 e. The van der Waals surface area contributed by atoms with Crippen molar-refractivity contribution in [3.8, 4) is 0 Å². The summed E-state index contributed by atoms with van der Waals surface area (Å²) in [5.41, 5.74) is 0. The van der Waals surface area contributed by atoms with Crippen LogP contribution in [0.1, 0.15) is 26.2 Å². The first-order valence-corrected chi connectivity index (χ1v) is 8.15. The molecule has 0 saturated carbocycles. The molecule has 1 aliphatic rings. The molecule has 0 aromatic rings. The fraction of sp³-hybridized carbons (Fsp3) is 1.00. The summed E-state index contributed by atoms with van der Waals surface area (Å²) in [7, 11) is -3.00. The minimum atomic E-state index is -3.00. The standard InChI is InChI=1S/C11H24N2O3S/c1-3-16-10-4-7-12-11-5-8-13(9-6-11)17(2,14)15/h11-12H,3-10H2,1-2H3. The second-order valence-corrected chi connectivity index (χ2v) is 6.42.